The summed E-state index contributed by atoms with van der Waals surface area (Å²) < 4.78 is 0. The van der Waals surface area contributed by atoms with Crippen LogP contribution in [0.3, 0.4) is 0 Å². The summed E-state index contributed by atoms with van der Waals surface area (Å²) in [6.45, 7) is 8.92. The molecule has 1 aromatic carbocycles. The Morgan fingerprint density at radius 2 is 1.93 bits per heavy atom. The number of halogens is 2. The van der Waals surface area contributed by atoms with Crippen molar-refractivity contribution in [2.45, 2.75) is 45.1 Å². The summed E-state index contributed by atoms with van der Waals surface area (Å²) in [5.41, 5.74) is 4.91. The lowest BCUT2D eigenvalue weighted by atomic mass is 9.80. The highest BCUT2D eigenvalue weighted by molar-refractivity contribution is 6.42. The third-order valence-electron chi connectivity index (χ3n) is 6.60. The molecule has 0 spiro atoms. The zero-order chi connectivity index (χ0) is 20.9. The maximum absolute atomic E-state index is 6.20. The van der Waals surface area contributed by atoms with Gasteiger partial charge >= 0.3 is 0 Å². The third kappa shape index (κ3) is 5.65. The SMILES string of the molecule is CCCNN(C)C1(CN2CCC(Cc3ccc(Cl)c(Cl)c3)CC2)C=CC=CC1C. The maximum atomic E-state index is 6.20. The Morgan fingerprint density at radius 3 is 2.59 bits per heavy atom. The zero-order valence-electron chi connectivity index (χ0n) is 18.0. The Hall–Kier alpha value is -0.840. The predicted octanol–water partition coefficient (Wildman–Crippen LogP) is 5.60. The monoisotopic (exact) mass is 435 g/mol. The number of hydrogen-bond acceptors (Lipinski definition) is 3. The van der Waals surface area contributed by atoms with Gasteiger partial charge < -0.3 is 4.90 Å². The second kappa shape index (κ2) is 10.5. The van der Waals surface area contributed by atoms with Gasteiger partial charge in [-0.2, -0.15) is 0 Å². The molecule has 2 atom stereocenters. The Labute approximate surface area is 186 Å². The first-order chi connectivity index (χ1) is 13.9. The summed E-state index contributed by atoms with van der Waals surface area (Å²) in [7, 11) is 2.20. The molecule has 160 valence electrons. The number of likely N-dealkylation sites (tertiary alicyclic amines) is 1. The van der Waals surface area contributed by atoms with Crippen LogP contribution in [0.15, 0.2) is 42.5 Å². The number of piperidine rings is 1. The second-order valence-electron chi connectivity index (χ2n) is 8.66. The van der Waals surface area contributed by atoms with Crippen molar-refractivity contribution < 1.29 is 0 Å². The fourth-order valence-corrected chi connectivity index (χ4v) is 4.95. The van der Waals surface area contributed by atoms with E-state index < -0.39 is 0 Å². The van der Waals surface area contributed by atoms with Gasteiger partial charge in [0.05, 0.1) is 15.6 Å². The van der Waals surface area contributed by atoms with Crippen molar-refractivity contribution in [3.63, 3.8) is 0 Å². The van der Waals surface area contributed by atoms with E-state index in [1.54, 1.807) is 0 Å². The molecule has 0 saturated carbocycles. The molecule has 1 aliphatic heterocycles. The van der Waals surface area contributed by atoms with Crippen LogP contribution in [0.5, 0.6) is 0 Å². The molecule has 1 N–H and O–H groups in total. The van der Waals surface area contributed by atoms with E-state index in [2.05, 4.69) is 66.6 Å². The average Bonchev–Trinajstić information content (AvgIpc) is 2.72. The first kappa shape index (κ1) is 22.8. The van der Waals surface area contributed by atoms with Gasteiger partial charge in [0, 0.05) is 20.1 Å². The van der Waals surface area contributed by atoms with Gasteiger partial charge in [-0.15, -0.1) is 0 Å². The summed E-state index contributed by atoms with van der Waals surface area (Å²) in [5, 5.41) is 3.65. The van der Waals surface area contributed by atoms with Crippen molar-refractivity contribution in [3.8, 4) is 0 Å². The van der Waals surface area contributed by atoms with E-state index in [1.165, 1.54) is 18.4 Å². The molecule has 1 aromatic rings. The number of hydrogen-bond donors (Lipinski definition) is 1. The van der Waals surface area contributed by atoms with Gasteiger partial charge in [0.25, 0.3) is 0 Å². The second-order valence-corrected chi connectivity index (χ2v) is 9.48. The predicted molar refractivity (Wildman–Crippen MR) is 126 cm³/mol. The summed E-state index contributed by atoms with van der Waals surface area (Å²) in [5.74, 6) is 1.19. The Bertz CT molecular complexity index is 725. The van der Waals surface area contributed by atoms with Crippen LogP contribution in [0.2, 0.25) is 10.0 Å². The molecule has 5 heteroatoms. The van der Waals surface area contributed by atoms with Gasteiger partial charge in [-0.25, -0.2) is 5.01 Å². The molecule has 1 heterocycles. The van der Waals surface area contributed by atoms with Crippen molar-refractivity contribution in [3.05, 3.63) is 58.1 Å². The molecule has 29 heavy (non-hydrogen) atoms. The van der Waals surface area contributed by atoms with E-state index >= 15 is 0 Å². The quantitative estimate of drug-likeness (QED) is 0.536. The van der Waals surface area contributed by atoms with Crippen LogP contribution in [0.1, 0.15) is 38.7 Å². The minimum absolute atomic E-state index is 0.000457. The average molecular weight is 436 g/mol. The standard InChI is InChI=1S/C24H35Cl2N3/c1-4-13-27-28(3)24(12-6-5-7-19(24)2)18-29-14-10-20(11-15-29)16-21-8-9-22(25)23(26)17-21/h5-9,12,17,19-20,27H,4,10-11,13-16,18H2,1-3H3. The van der Waals surface area contributed by atoms with Crippen LogP contribution in [0.25, 0.3) is 0 Å². The molecule has 2 aliphatic rings. The van der Waals surface area contributed by atoms with Gasteiger partial charge in [0.1, 0.15) is 0 Å². The molecule has 1 saturated heterocycles. The molecule has 3 rings (SSSR count). The molecular weight excluding hydrogens is 401 g/mol. The lowest BCUT2D eigenvalue weighted by Crippen LogP contribution is -2.62. The summed E-state index contributed by atoms with van der Waals surface area (Å²) in [4.78, 5) is 2.65. The Kier molecular flexibility index (Phi) is 8.23. The molecule has 0 aromatic heterocycles. The molecule has 0 radical (unpaired) electrons. The van der Waals surface area contributed by atoms with E-state index in [0.717, 1.165) is 44.9 Å². The highest BCUT2D eigenvalue weighted by Gasteiger charge is 2.40. The summed E-state index contributed by atoms with van der Waals surface area (Å²) in [6.07, 6.45) is 13.8. The summed E-state index contributed by atoms with van der Waals surface area (Å²) in [6, 6.07) is 6.06. The van der Waals surface area contributed by atoms with E-state index in [1.807, 2.05) is 12.1 Å². The van der Waals surface area contributed by atoms with Crippen molar-refractivity contribution in [1.82, 2.24) is 15.3 Å². The highest BCUT2D eigenvalue weighted by atomic mass is 35.5. The Morgan fingerprint density at radius 1 is 1.17 bits per heavy atom. The van der Waals surface area contributed by atoms with Crippen molar-refractivity contribution in [1.29, 1.82) is 0 Å². The molecule has 0 bridgehead atoms. The van der Waals surface area contributed by atoms with Crippen molar-refractivity contribution in [2.75, 3.05) is 33.2 Å². The third-order valence-corrected chi connectivity index (χ3v) is 7.34. The largest absolute Gasteiger partial charge is 0.301 e. The van der Waals surface area contributed by atoms with E-state index in [4.69, 9.17) is 23.2 Å². The molecular formula is C24H35Cl2N3. The molecule has 1 aliphatic carbocycles. The normalized spacial score (nSPS) is 25.8. The first-order valence-electron chi connectivity index (χ1n) is 10.9. The van der Waals surface area contributed by atoms with Gasteiger partial charge in [-0.05, 0) is 68.3 Å². The smallest absolute Gasteiger partial charge is 0.0719 e. The summed E-state index contributed by atoms with van der Waals surface area (Å²) >= 11 is 12.3. The van der Waals surface area contributed by atoms with E-state index in [-0.39, 0.29) is 5.54 Å². The van der Waals surface area contributed by atoms with E-state index in [9.17, 15) is 0 Å². The number of nitrogens with zero attached hydrogens (tertiary/aromatic N) is 2. The number of likely N-dealkylation sites (N-methyl/N-ethyl adjacent to an activating group) is 1. The van der Waals surface area contributed by atoms with Crippen LogP contribution >= 0.6 is 23.2 Å². The van der Waals surface area contributed by atoms with Gasteiger partial charge in [0.2, 0.25) is 0 Å². The molecule has 1 fully saturated rings. The van der Waals surface area contributed by atoms with Gasteiger partial charge in [0.15, 0.2) is 0 Å². The maximum Gasteiger partial charge on any atom is 0.0719 e. The van der Waals surface area contributed by atoms with Crippen LogP contribution in [0.4, 0.5) is 0 Å². The van der Waals surface area contributed by atoms with E-state index in [0.29, 0.717) is 16.0 Å². The molecule has 3 nitrogen and oxygen atoms in total. The molecule has 0 amide bonds. The minimum Gasteiger partial charge on any atom is -0.301 e. The van der Waals surface area contributed by atoms with Crippen molar-refractivity contribution >= 4 is 23.2 Å². The zero-order valence-corrected chi connectivity index (χ0v) is 19.5. The number of benzene rings is 1. The number of hydrazine groups is 1. The van der Waals surface area contributed by atoms with Gasteiger partial charge in [-0.1, -0.05) is 67.4 Å². The van der Waals surface area contributed by atoms with Crippen LogP contribution in [-0.2, 0) is 6.42 Å². The number of nitrogens with one attached hydrogen (secondary N) is 1. The highest BCUT2D eigenvalue weighted by Crippen LogP contribution is 2.32. The number of allylic oxidation sites excluding steroid dienone is 2. The minimum atomic E-state index is 0.000457. The lowest BCUT2D eigenvalue weighted by Gasteiger charge is -2.48. The van der Waals surface area contributed by atoms with Crippen LogP contribution in [0, 0.1) is 11.8 Å². The first-order valence-corrected chi connectivity index (χ1v) is 11.7. The fourth-order valence-electron chi connectivity index (χ4n) is 4.62. The topological polar surface area (TPSA) is 18.5 Å². The Balaban J connectivity index is 1.59. The number of rotatable bonds is 8. The fraction of sp³-hybridized carbons (Fsp3) is 0.583. The van der Waals surface area contributed by atoms with Gasteiger partial charge in [-0.3, -0.25) is 5.43 Å². The molecule has 2 unspecified atom stereocenters. The van der Waals surface area contributed by atoms with Crippen LogP contribution < -0.4 is 5.43 Å². The van der Waals surface area contributed by atoms with Crippen LogP contribution in [-0.4, -0.2) is 48.7 Å². The van der Waals surface area contributed by atoms with Crippen molar-refractivity contribution in [2.24, 2.45) is 11.8 Å². The lowest BCUT2D eigenvalue weighted by molar-refractivity contribution is 0.0256.